The molecule has 0 bridgehead atoms. The Bertz CT molecular complexity index is 704. The summed E-state index contributed by atoms with van der Waals surface area (Å²) >= 11 is 1.50. The molecule has 136 valence electrons. The molecule has 0 atom stereocenters. The van der Waals surface area contributed by atoms with Gasteiger partial charge in [0.2, 0.25) is 5.13 Å². The lowest BCUT2D eigenvalue weighted by Gasteiger charge is -2.25. The van der Waals surface area contributed by atoms with Gasteiger partial charge in [-0.15, -0.1) is 10.2 Å². The van der Waals surface area contributed by atoms with Crippen molar-refractivity contribution in [1.29, 1.82) is 0 Å². The molecule has 2 heterocycles. The van der Waals surface area contributed by atoms with E-state index in [0.29, 0.717) is 17.6 Å². The summed E-state index contributed by atoms with van der Waals surface area (Å²) in [4.78, 5) is 14.4. The molecule has 0 radical (unpaired) electrons. The van der Waals surface area contributed by atoms with Gasteiger partial charge in [0, 0.05) is 12.0 Å². The van der Waals surface area contributed by atoms with Crippen LogP contribution in [0.4, 0.5) is 9.93 Å². The smallest absolute Gasteiger partial charge is 0.324 e. The van der Waals surface area contributed by atoms with E-state index in [-0.39, 0.29) is 12.1 Å². The lowest BCUT2D eigenvalue weighted by atomic mass is 9.90. The van der Waals surface area contributed by atoms with E-state index in [9.17, 15) is 4.79 Å². The molecule has 25 heavy (non-hydrogen) atoms. The Balaban J connectivity index is 1.63. The van der Waals surface area contributed by atoms with Gasteiger partial charge in [0.1, 0.15) is 16.5 Å². The Morgan fingerprint density at radius 3 is 2.72 bits per heavy atom. The molecule has 0 aromatic carbocycles. The molecule has 0 aliphatic heterocycles. The van der Waals surface area contributed by atoms with Crippen molar-refractivity contribution < 1.29 is 9.21 Å². The van der Waals surface area contributed by atoms with Gasteiger partial charge in [0.15, 0.2) is 0 Å². The maximum absolute atomic E-state index is 12.7. The van der Waals surface area contributed by atoms with Crippen molar-refractivity contribution in [1.82, 2.24) is 15.1 Å². The number of hydrogen-bond donors (Lipinski definition) is 1. The number of aryl methyl sites for hydroxylation is 1. The van der Waals surface area contributed by atoms with E-state index in [0.717, 1.165) is 16.5 Å². The van der Waals surface area contributed by atoms with Gasteiger partial charge in [0.05, 0.1) is 6.54 Å². The van der Waals surface area contributed by atoms with Crippen molar-refractivity contribution in [3.8, 4) is 0 Å². The summed E-state index contributed by atoms with van der Waals surface area (Å²) in [5, 5.41) is 13.0. The second kappa shape index (κ2) is 7.99. The number of aromatic nitrogens is 2. The van der Waals surface area contributed by atoms with E-state index in [2.05, 4.69) is 15.5 Å². The van der Waals surface area contributed by atoms with Gasteiger partial charge in [-0.2, -0.15) is 0 Å². The van der Waals surface area contributed by atoms with Gasteiger partial charge in [-0.1, -0.05) is 30.6 Å². The molecule has 7 heteroatoms. The molecule has 1 aliphatic rings. The summed E-state index contributed by atoms with van der Waals surface area (Å²) in [5.74, 6) is 2.13. The number of nitrogens with zero attached hydrogens (tertiary/aromatic N) is 3. The number of amides is 2. The summed E-state index contributed by atoms with van der Waals surface area (Å²) in [5.41, 5.74) is 0. The van der Waals surface area contributed by atoms with Gasteiger partial charge >= 0.3 is 6.03 Å². The molecule has 0 unspecified atom stereocenters. The van der Waals surface area contributed by atoms with Crippen LogP contribution in [-0.2, 0) is 6.54 Å². The first-order valence-corrected chi connectivity index (χ1v) is 9.81. The van der Waals surface area contributed by atoms with Gasteiger partial charge in [-0.25, -0.2) is 4.79 Å². The number of hydrogen-bond acceptors (Lipinski definition) is 5. The average Bonchev–Trinajstić information content (AvgIpc) is 3.22. The quantitative estimate of drug-likeness (QED) is 0.818. The zero-order valence-electron chi connectivity index (χ0n) is 15.1. The zero-order chi connectivity index (χ0) is 17.8. The highest BCUT2D eigenvalue weighted by molar-refractivity contribution is 7.15. The van der Waals surface area contributed by atoms with Gasteiger partial charge in [-0.3, -0.25) is 5.32 Å². The van der Waals surface area contributed by atoms with E-state index < -0.39 is 0 Å². The minimum atomic E-state index is -0.171. The third-order valence-electron chi connectivity index (χ3n) is 4.62. The van der Waals surface area contributed by atoms with Crippen LogP contribution in [-0.4, -0.2) is 27.2 Å². The van der Waals surface area contributed by atoms with E-state index in [1.807, 2.05) is 32.9 Å². The second-order valence-corrected chi connectivity index (χ2v) is 7.95. The average molecular weight is 362 g/mol. The molecular weight excluding hydrogens is 336 g/mol. The highest BCUT2D eigenvalue weighted by Gasteiger charge is 2.23. The number of carbonyl (C=O) groups excluding carboxylic acids is 1. The van der Waals surface area contributed by atoms with E-state index in [4.69, 9.17) is 4.42 Å². The molecule has 0 spiro atoms. The molecule has 2 aromatic rings. The summed E-state index contributed by atoms with van der Waals surface area (Å²) < 4.78 is 5.60. The van der Waals surface area contributed by atoms with Crippen LogP contribution in [0.3, 0.4) is 0 Å². The third kappa shape index (κ3) is 4.60. The maximum atomic E-state index is 12.7. The summed E-state index contributed by atoms with van der Waals surface area (Å²) in [6, 6.07) is 3.70. The van der Waals surface area contributed by atoms with E-state index in [1.54, 1.807) is 4.90 Å². The Labute approximate surface area is 152 Å². The van der Waals surface area contributed by atoms with E-state index >= 15 is 0 Å². The minimum absolute atomic E-state index is 0.0520. The fourth-order valence-corrected chi connectivity index (χ4v) is 4.09. The van der Waals surface area contributed by atoms with Gasteiger partial charge < -0.3 is 9.32 Å². The van der Waals surface area contributed by atoms with Gasteiger partial charge in [0.25, 0.3) is 0 Å². The predicted octanol–water partition coefficient (Wildman–Crippen LogP) is 4.93. The van der Waals surface area contributed by atoms with Crippen LogP contribution in [0.5, 0.6) is 0 Å². The van der Waals surface area contributed by atoms with Crippen molar-refractivity contribution in [3.05, 3.63) is 28.7 Å². The highest BCUT2D eigenvalue weighted by Crippen LogP contribution is 2.35. The van der Waals surface area contributed by atoms with E-state index in [1.165, 1.54) is 43.4 Å². The number of furan rings is 1. The van der Waals surface area contributed by atoms with Crippen LogP contribution in [0.1, 0.15) is 68.4 Å². The standard InChI is InChI=1S/C18H26N4O2S/c1-12(2)22(11-15-10-9-13(3)24-15)18(23)19-17-21-20-16(25-17)14-7-5-4-6-8-14/h9-10,12,14H,4-8,11H2,1-3H3,(H,19,21,23). The topological polar surface area (TPSA) is 71.3 Å². The summed E-state index contributed by atoms with van der Waals surface area (Å²) in [7, 11) is 0. The van der Waals surface area contributed by atoms with Crippen LogP contribution in [0.2, 0.25) is 0 Å². The van der Waals surface area contributed by atoms with Crippen LogP contribution < -0.4 is 5.32 Å². The first-order chi connectivity index (χ1) is 12.0. The van der Waals surface area contributed by atoms with Crippen LogP contribution in [0.25, 0.3) is 0 Å². The normalized spacial score (nSPS) is 15.5. The Kier molecular flexibility index (Phi) is 5.73. The summed E-state index contributed by atoms with van der Waals surface area (Å²) in [6.45, 7) is 6.31. The van der Waals surface area contributed by atoms with Crippen LogP contribution in [0, 0.1) is 6.92 Å². The van der Waals surface area contributed by atoms with Crippen LogP contribution >= 0.6 is 11.3 Å². The third-order valence-corrected chi connectivity index (χ3v) is 5.62. The maximum Gasteiger partial charge on any atom is 0.324 e. The van der Waals surface area contributed by atoms with Crippen molar-refractivity contribution in [2.45, 2.75) is 71.4 Å². The lowest BCUT2D eigenvalue weighted by molar-refractivity contribution is 0.187. The van der Waals surface area contributed by atoms with Crippen molar-refractivity contribution in [3.63, 3.8) is 0 Å². The van der Waals surface area contributed by atoms with Crippen molar-refractivity contribution in [2.75, 3.05) is 5.32 Å². The van der Waals surface area contributed by atoms with Gasteiger partial charge in [-0.05, 0) is 45.7 Å². The lowest BCUT2D eigenvalue weighted by Crippen LogP contribution is -2.39. The second-order valence-electron chi connectivity index (χ2n) is 6.94. The number of urea groups is 1. The highest BCUT2D eigenvalue weighted by atomic mass is 32.1. The monoisotopic (exact) mass is 362 g/mol. The Morgan fingerprint density at radius 2 is 2.08 bits per heavy atom. The first-order valence-electron chi connectivity index (χ1n) is 8.99. The van der Waals surface area contributed by atoms with Crippen molar-refractivity contribution in [2.24, 2.45) is 0 Å². The number of nitrogens with one attached hydrogen (secondary N) is 1. The zero-order valence-corrected chi connectivity index (χ0v) is 15.9. The first kappa shape index (κ1) is 17.9. The fraction of sp³-hybridized carbons (Fsp3) is 0.611. The molecule has 0 saturated heterocycles. The largest absolute Gasteiger partial charge is 0.464 e. The number of carbonyl (C=O) groups is 1. The molecule has 1 N–H and O–H groups in total. The SMILES string of the molecule is Cc1ccc(CN(C(=O)Nc2nnc(C3CCCCC3)s2)C(C)C)o1. The molecule has 1 aliphatic carbocycles. The Hall–Kier alpha value is -1.89. The minimum Gasteiger partial charge on any atom is -0.464 e. The fourth-order valence-electron chi connectivity index (χ4n) is 3.19. The molecule has 2 amide bonds. The number of anilines is 1. The molecule has 1 fully saturated rings. The Morgan fingerprint density at radius 1 is 1.32 bits per heavy atom. The number of rotatable bonds is 5. The molecule has 3 rings (SSSR count). The molecular formula is C18H26N4O2S. The van der Waals surface area contributed by atoms with Crippen LogP contribution in [0.15, 0.2) is 16.5 Å². The molecule has 1 saturated carbocycles. The summed E-state index contributed by atoms with van der Waals surface area (Å²) in [6.07, 6.45) is 6.19. The predicted molar refractivity (Wildman–Crippen MR) is 98.9 cm³/mol. The molecule has 6 nitrogen and oxygen atoms in total. The van der Waals surface area contributed by atoms with Crippen molar-refractivity contribution >= 4 is 22.5 Å². The molecule has 2 aromatic heterocycles.